The normalized spacial score (nSPS) is 48.6. The minimum Gasteiger partial charge on any atom is -0.379 e. The third kappa shape index (κ3) is 1.98. The molecule has 6 heteroatoms. The predicted molar refractivity (Wildman–Crippen MR) is 107 cm³/mol. The van der Waals surface area contributed by atoms with Gasteiger partial charge in [0, 0.05) is 38.0 Å². The molecule has 0 radical (unpaired) electrons. The average Bonchev–Trinajstić information content (AvgIpc) is 2.79. The van der Waals surface area contributed by atoms with Crippen LogP contribution in [0.4, 0.5) is 0 Å². The largest absolute Gasteiger partial charge is 0.379 e. The van der Waals surface area contributed by atoms with Gasteiger partial charge in [0.15, 0.2) is 11.6 Å². The van der Waals surface area contributed by atoms with Crippen molar-refractivity contribution in [3.05, 3.63) is 0 Å². The van der Waals surface area contributed by atoms with Gasteiger partial charge in [-0.15, -0.1) is 0 Å². The molecule has 29 heavy (non-hydrogen) atoms. The molecule has 4 saturated carbocycles. The summed E-state index contributed by atoms with van der Waals surface area (Å²) in [5.74, 6) is 0.717. The maximum atomic E-state index is 14.0. The van der Waals surface area contributed by atoms with Gasteiger partial charge in [0.2, 0.25) is 0 Å². The summed E-state index contributed by atoms with van der Waals surface area (Å²) in [6, 6.07) is 0. The predicted octanol–water partition coefficient (Wildman–Crippen LogP) is 1.66. The first-order valence-electron chi connectivity index (χ1n) is 12.0. The van der Waals surface area contributed by atoms with E-state index in [-0.39, 0.29) is 22.9 Å². The molecule has 6 nitrogen and oxygen atoms in total. The molecule has 2 aliphatic heterocycles. The fourth-order valence-corrected chi connectivity index (χ4v) is 8.78. The minimum atomic E-state index is -0.787. The van der Waals surface area contributed by atoms with Gasteiger partial charge < -0.3 is 9.47 Å². The molecule has 6 rings (SSSR count). The van der Waals surface area contributed by atoms with Gasteiger partial charge in [0.25, 0.3) is 0 Å². The van der Waals surface area contributed by atoms with Crippen LogP contribution in [-0.4, -0.2) is 85.1 Å². The van der Waals surface area contributed by atoms with Crippen LogP contribution in [0.5, 0.6) is 0 Å². The lowest BCUT2D eigenvalue weighted by molar-refractivity contribution is -0.277. The number of Topliss-reactive ketones (excluding diaryl/α,β-unsaturated/α-hetero) is 2. The van der Waals surface area contributed by atoms with Crippen molar-refractivity contribution >= 4 is 11.6 Å². The van der Waals surface area contributed by atoms with Crippen LogP contribution in [0.25, 0.3) is 0 Å². The molecule has 1 spiro atoms. The Morgan fingerprint density at radius 1 is 0.655 bits per heavy atom. The molecule has 0 aromatic carbocycles. The smallest absolute Gasteiger partial charge is 0.155 e. The summed E-state index contributed by atoms with van der Waals surface area (Å²) in [6.45, 7) is 6.35. The second-order valence-corrected chi connectivity index (χ2v) is 10.1. The molecule has 2 saturated heterocycles. The Labute approximate surface area is 173 Å². The highest BCUT2D eigenvalue weighted by molar-refractivity contribution is 6.22. The summed E-state index contributed by atoms with van der Waals surface area (Å²) in [6.07, 6.45) is 8.48. The number of morpholine rings is 2. The van der Waals surface area contributed by atoms with Crippen LogP contribution in [0.1, 0.15) is 51.4 Å². The second-order valence-electron chi connectivity index (χ2n) is 10.1. The van der Waals surface area contributed by atoms with Crippen molar-refractivity contribution in [1.29, 1.82) is 0 Å². The molecule has 0 N–H and O–H groups in total. The van der Waals surface area contributed by atoms with Crippen molar-refractivity contribution in [3.63, 3.8) is 0 Å². The van der Waals surface area contributed by atoms with Crippen LogP contribution in [0.3, 0.4) is 0 Å². The van der Waals surface area contributed by atoms with Gasteiger partial charge >= 0.3 is 0 Å². The van der Waals surface area contributed by atoms with Crippen LogP contribution in [0.2, 0.25) is 0 Å². The molecule has 0 amide bonds. The highest BCUT2D eigenvalue weighted by atomic mass is 16.5. The van der Waals surface area contributed by atoms with E-state index in [2.05, 4.69) is 9.80 Å². The molecule has 2 heterocycles. The van der Waals surface area contributed by atoms with Crippen molar-refractivity contribution < 1.29 is 19.1 Å². The molecule has 0 aromatic heterocycles. The summed E-state index contributed by atoms with van der Waals surface area (Å²) in [7, 11) is 0. The van der Waals surface area contributed by atoms with Gasteiger partial charge in [-0.25, -0.2) is 0 Å². The Hall–Kier alpha value is -0.820. The summed E-state index contributed by atoms with van der Waals surface area (Å²) in [5, 5.41) is 0. The third-order valence-electron chi connectivity index (χ3n) is 9.58. The van der Waals surface area contributed by atoms with Crippen molar-refractivity contribution in [2.75, 3.05) is 52.6 Å². The molecule has 4 unspecified atom stereocenters. The van der Waals surface area contributed by atoms with E-state index in [9.17, 15) is 9.59 Å². The van der Waals surface area contributed by atoms with Gasteiger partial charge in [-0.3, -0.25) is 19.4 Å². The highest BCUT2D eigenvalue weighted by Crippen LogP contribution is 2.76. The van der Waals surface area contributed by atoms with E-state index in [0.29, 0.717) is 11.6 Å². The fourth-order valence-electron chi connectivity index (χ4n) is 8.78. The standard InChI is InChI=1S/C23H34N2O4/c26-19-17-5-1-3-7-21(17,24-9-13-28-14-10-24)23(19)20(27)18-6-2-4-8-22(18,23)25-11-15-29-16-12-25/h17-18H,1-16H2. The van der Waals surface area contributed by atoms with E-state index in [1.807, 2.05) is 0 Å². The first kappa shape index (κ1) is 18.9. The van der Waals surface area contributed by atoms with E-state index >= 15 is 0 Å². The maximum absolute atomic E-state index is 14.0. The van der Waals surface area contributed by atoms with Crippen LogP contribution >= 0.6 is 0 Å². The number of hydrogen-bond acceptors (Lipinski definition) is 6. The zero-order chi connectivity index (χ0) is 19.7. The Morgan fingerprint density at radius 3 is 1.48 bits per heavy atom. The summed E-state index contributed by atoms with van der Waals surface area (Å²) < 4.78 is 11.4. The number of fused-ring (bicyclic) bond motifs is 4. The molecule has 6 fully saturated rings. The lowest BCUT2D eigenvalue weighted by Crippen LogP contribution is -2.97. The number of hydrogen-bond donors (Lipinski definition) is 0. The van der Waals surface area contributed by atoms with E-state index in [1.54, 1.807) is 0 Å². The van der Waals surface area contributed by atoms with E-state index in [4.69, 9.17) is 9.47 Å². The zero-order valence-electron chi connectivity index (χ0n) is 17.5. The minimum absolute atomic E-state index is 0.0547. The number of carbonyl (C=O) groups excluding carboxylic acids is 2. The first-order valence-corrected chi connectivity index (χ1v) is 12.0. The Balaban J connectivity index is 1.51. The number of ketones is 2. The molecule has 6 aliphatic rings. The third-order valence-corrected chi connectivity index (χ3v) is 9.58. The van der Waals surface area contributed by atoms with Crippen molar-refractivity contribution in [2.45, 2.75) is 62.4 Å². The van der Waals surface area contributed by atoms with Gasteiger partial charge in [0.05, 0.1) is 37.5 Å². The van der Waals surface area contributed by atoms with Crippen molar-refractivity contribution in [1.82, 2.24) is 9.80 Å². The fraction of sp³-hybridized carbons (Fsp3) is 0.913. The molecular formula is C23H34N2O4. The SMILES string of the molecule is O=C1C2CCCCC2(N2CCOCC2)C12C(=O)C1CCCCC12N1CCOCC1. The molecular weight excluding hydrogens is 368 g/mol. The maximum Gasteiger partial charge on any atom is 0.155 e. The van der Waals surface area contributed by atoms with Crippen LogP contribution in [-0.2, 0) is 19.1 Å². The van der Waals surface area contributed by atoms with Crippen LogP contribution < -0.4 is 0 Å². The van der Waals surface area contributed by atoms with E-state index in [1.165, 1.54) is 0 Å². The summed E-state index contributed by atoms with van der Waals surface area (Å²) in [5.41, 5.74) is -1.30. The van der Waals surface area contributed by atoms with Gasteiger partial charge in [0.1, 0.15) is 5.41 Å². The molecule has 0 aromatic rings. The average molecular weight is 403 g/mol. The van der Waals surface area contributed by atoms with Gasteiger partial charge in [-0.05, 0) is 25.7 Å². The Bertz CT molecular complexity index is 654. The monoisotopic (exact) mass is 402 g/mol. The van der Waals surface area contributed by atoms with Crippen LogP contribution in [0, 0.1) is 17.3 Å². The van der Waals surface area contributed by atoms with Gasteiger partial charge in [-0.2, -0.15) is 0 Å². The van der Waals surface area contributed by atoms with Crippen molar-refractivity contribution in [3.8, 4) is 0 Å². The number of ether oxygens (including phenoxy) is 2. The first-order chi connectivity index (χ1) is 14.2. The number of rotatable bonds is 2. The molecule has 4 atom stereocenters. The van der Waals surface area contributed by atoms with E-state index < -0.39 is 5.41 Å². The number of nitrogens with zero attached hydrogens (tertiary/aromatic N) is 2. The summed E-state index contributed by atoms with van der Waals surface area (Å²) in [4.78, 5) is 33.1. The molecule has 160 valence electrons. The lowest BCUT2D eigenvalue weighted by atomic mass is 9.26. The lowest BCUT2D eigenvalue weighted by Gasteiger charge is -2.81. The Morgan fingerprint density at radius 2 is 1.07 bits per heavy atom. The topological polar surface area (TPSA) is 59.1 Å². The second kappa shape index (κ2) is 6.59. The molecule has 0 bridgehead atoms. The number of carbonyl (C=O) groups is 2. The van der Waals surface area contributed by atoms with Crippen molar-refractivity contribution in [2.24, 2.45) is 17.3 Å². The van der Waals surface area contributed by atoms with E-state index in [0.717, 1.165) is 104 Å². The van der Waals surface area contributed by atoms with Crippen LogP contribution in [0.15, 0.2) is 0 Å². The zero-order valence-corrected chi connectivity index (χ0v) is 17.5. The highest BCUT2D eigenvalue weighted by Gasteiger charge is 2.91. The van der Waals surface area contributed by atoms with Gasteiger partial charge in [-0.1, -0.05) is 25.7 Å². The Kier molecular flexibility index (Phi) is 4.30. The quantitative estimate of drug-likeness (QED) is 0.655. The molecule has 4 aliphatic carbocycles. The summed E-state index contributed by atoms with van der Waals surface area (Å²) >= 11 is 0.